The Balaban J connectivity index is 2.13. The zero-order valence-corrected chi connectivity index (χ0v) is 9.76. The first-order valence-corrected chi connectivity index (χ1v) is 5.55. The van der Waals surface area contributed by atoms with Crippen molar-refractivity contribution in [2.75, 3.05) is 39.3 Å². The van der Waals surface area contributed by atoms with E-state index in [9.17, 15) is 13.2 Å². The van der Waals surface area contributed by atoms with E-state index in [1.807, 2.05) is 4.90 Å². The molecule has 0 radical (unpaired) electrons. The van der Waals surface area contributed by atoms with Gasteiger partial charge in [0.25, 0.3) is 0 Å². The lowest BCUT2D eigenvalue weighted by Gasteiger charge is -2.36. The van der Waals surface area contributed by atoms with Crippen LogP contribution < -0.4 is 0 Å². The number of hydrogen-bond acceptors (Lipinski definition) is 3. The van der Waals surface area contributed by atoms with Gasteiger partial charge in [-0.1, -0.05) is 0 Å². The van der Waals surface area contributed by atoms with Crippen molar-refractivity contribution in [2.45, 2.75) is 26.3 Å². The largest absolute Gasteiger partial charge is 0.522 e. The van der Waals surface area contributed by atoms with Crippen LogP contribution in [-0.4, -0.2) is 61.5 Å². The maximum absolute atomic E-state index is 11.7. The van der Waals surface area contributed by atoms with E-state index in [2.05, 4.69) is 23.5 Å². The van der Waals surface area contributed by atoms with E-state index in [-0.39, 0.29) is 6.61 Å². The molecule has 6 heteroatoms. The average molecular weight is 240 g/mol. The Labute approximate surface area is 94.1 Å². The summed E-state index contributed by atoms with van der Waals surface area (Å²) in [5.74, 6) is 0. The van der Waals surface area contributed by atoms with Crippen molar-refractivity contribution in [3.8, 4) is 0 Å². The van der Waals surface area contributed by atoms with Crippen LogP contribution in [0.2, 0.25) is 0 Å². The van der Waals surface area contributed by atoms with Crippen LogP contribution in [0.5, 0.6) is 0 Å². The molecule has 3 nitrogen and oxygen atoms in total. The third kappa shape index (κ3) is 5.14. The molecule has 0 unspecified atom stereocenters. The van der Waals surface area contributed by atoms with Crippen molar-refractivity contribution >= 4 is 0 Å². The first kappa shape index (κ1) is 13.7. The van der Waals surface area contributed by atoms with Crippen LogP contribution in [0.3, 0.4) is 0 Å². The van der Waals surface area contributed by atoms with Crippen LogP contribution in [-0.2, 0) is 4.74 Å². The Morgan fingerprint density at radius 2 is 1.69 bits per heavy atom. The second-order valence-corrected chi connectivity index (χ2v) is 4.27. The van der Waals surface area contributed by atoms with E-state index in [1.54, 1.807) is 0 Å². The molecule has 1 aliphatic heterocycles. The van der Waals surface area contributed by atoms with Crippen molar-refractivity contribution in [3.05, 3.63) is 0 Å². The van der Waals surface area contributed by atoms with E-state index >= 15 is 0 Å². The highest BCUT2D eigenvalue weighted by Crippen LogP contribution is 2.15. The smallest absolute Gasteiger partial charge is 0.299 e. The standard InChI is InChI=1S/C10H19F3N2O/c1-9(2)15-5-3-14(4-6-15)7-8-16-10(11,12)13/h9H,3-8H2,1-2H3. The summed E-state index contributed by atoms with van der Waals surface area (Å²) in [6.45, 7) is 7.81. The molecule has 0 saturated carbocycles. The van der Waals surface area contributed by atoms with E-state index in [1.165, 1.54) is 0 Å². The van der Waals surface area contributed by atoms with E-state index in [4.69, 9.17) is 0 Å². The summed E-state index contributed by atoms with van der Waals surface area (Å²) in [5.41, 5.74) is 0. The summed E-state index contributed by atoms with van der Waals surface area (Å²) < 4.78 is 38.9. The number of nitrogens with zero attached hydrogens (tertiary/aromatic N) is 2. The second-order valence-electron chi connectivity index (χ2n) is 4.27. The summed E-state index contributed by atoms with van der Waals surface area (Å²) in [5, 5.41) is 0. The SMILES string of the molecule is CC(C)N1CCN(CCOC(F)(F)F)CC1. The Bertz CT molecular complexity index is 201. The van der Waals surface area contributed by atoms with Gasteiger partial charge in [0, 0.05) is 38.8 Å². The fourth-order valence-electron chi connectivity index (χ4n) is 1.79. The maximum Gasteiger partial charge on any atom is 0.522 e. The van der Waals surface area contributed by atoms with Crippen molar-refractivity contribution in [1.29, 1.82) is 0 Å². The molecule has 1 saturated heterocycles. The summed E-state index contributed by atoms with van der Waals surface area (Å²) >= 11 is 0. The molecule has 0 aromatic rings. The van der Waals surface area contributed by atoms with Crippen LogP contribution in [0, 0.1) is 0 Å². The number of piperazine rings is 1. The summed E-state index contributed by atoms with van der Waals surface area (Å²) in [7, 11) is 0. The van der Waals surface area contributed by atoms with E-state index in [0.717, 1.165) is 26.2 Å². The molecule has 1 fully saturated rings. The Hall–Kier alpha value is -0.330. The third-order valence-electron chi connectivity index (χ3n) is 2.81. The molecule has 0 spiro atoms. The highest BCUT2D eigenvalue weighted by Gasteiger charge is 2.29. The minimum atomic E-state index is -4.50. The number of hydrogen-bond donors (Lipinski definition) is 0. The zero-order valence-electron chi connectivity index (χ0n) is 9.76. The van der Waals surface area contributed by atoms with Gasteiger partial charge in [0.1, 0.15) is 0 Å². The van der Waals surface area contributed by atoms with Gasteiger partial charge >= 0.3 is 6.36 Å². The van der Waals surface area contributed by atoms with Crippen LogP contribution in [0.4, 0.5) is 13.2 Å². The molecule has 0 N–H and O–H groups in total. The number of halogens is 3. The van der Waals surface area contributed by atoms with Crippen molar-refractivity contribution in [2.24, 2.45) is 0 Å². The van der Waals surface area contributed by atoms with Gasteiger partial charge in [-0.15, -0.1) is 13.2 Å². The predicted octanol–water partition coefficient (Wildman–Crippen LogP) is 1.55. The van der Waals surface area contributed by atoms with Crippen molar-refractivity contribution < 1.29 is 17.9 Å². The average Bonchev–Trinajstić information content (AvgIpc) is 2.16. The summed E-state index contributed by atoms with van der Waals surface area (Å²) in [6, 6.07) is 0.508. The topological polar surface area (TPSA) is 15.7 Å². The normalized spacial score (nSPS) is 20.6. The molecule has 0 atom stereocenters. The van der Waals surface area contributed by atoms with Gasteiger partial charge in [-0.05, 0) is 13.8 Å². The number of rotatable bonds is 4. The zero-order chi connectivity index (χ0) is 12.2. The molecular formula is C10H19F3N2O. The molecule has 0 aliphatic carbocycles. The van der Waals surface area contributed by atoms with Crippen LogP contribution in [0.15, 0.2) is 0 Å². The minimum absolute atomic E-state index is 0.273. The third-order valence-corrected chi connectivity index (χ3v) is 2.81. The van der Waals surface area contributed by atoms with Gasteiger partial charge < -0.3 is 0 Å². The van der Waals surface area contributed by atoms with Gasteiger partial charge in [-0.3, -0.25) is 14.5 Å². The minimum Gasteiger partial charge on any atom is -0.299 e. The predicted molar refractivity (Wildman–Crippen MR) is 55.2 cm³/mol. The maximum atomic E-state index is 11.7. The lowest BCUT2D eigenvalue weighted by molar-refractivity contribution is -0.325. The highest BCUT2D eigenvalue weighted by molar-refractivity contribution is 4.73. The molecule has 0 amide bonds. The van der Waals surface area contributed by atoms with Crippen LogP contribution in [0.25, 0.3) is 0 Å². The van der Waals surface area contributed by atoms with Gasteiger partial charge in [0.15, 0.2) is 0 Å². The molecule has 0 bridgehead atoms. The molecular weight excluding hydrogens is 221 g/mol. The fourth-order valence-corrected chi connectivity index (χ4v) is 1.79. The van der Waals surface area contributed by atoms with Crippen molar-refractivity contribution in [1.82, 2.24) is 9.80 Å². The Morgan fingerprint density at radius 3 is 2.12 bits per heavy atom. The molecule has 16 heavy (non-hydrogen) atoms. The Kier molecular flexibility index (Phi) is 5.01. The van der Waals surface area contributed by atoms with Crippen LogP contribution in [0.1, 0.15) is 13.8 Å². The van der Waals surface area contributed by atoms with Gasteiger partial charge in [0.2, 0.25) is 0 Å². The molecule has 0 aromatic carbocycles. The van der Waals surface area contributed by atoms with Crippen molar-refractivity contribution in [3.63, 3.8) is 0 Å². The van der Waals surface area contributed by atoms with Gasteiger partial charge in [-0.2, -0.15) is 0 Å². The van der Waals surface area contributed by atoms with Gasteiger partial charge in [0.05, 0.1) is 6.61 Å². The van der Waals surface area contributed by atoms with Crippen LogP contribution >= 0.6 is 0 Å². The molecule has 1 heterocycles. The van der Waals surface area contributed by atoms with E-state index in [0.29, 0.717) is 12.6 Å². The molecule has 0 aromatic heterocycles. The highest BCUT2D eigenvalue weighted by atomic mass is 19.4. The summed E-state index contributed by atoms with van der Waals surface area (Å²) in [4.78, 5) is 4.33. The molecule has 1 rings (SSSR count). The quantitative estimate of drug-likeness (QED) is 0.741. The Morgan fingerprint density at radius 1 is 1.12 bits per heavy atom. The monoisotopic (exact) mass is 240 g/mol. The lowest BCUT2D eigenvalue weighted by atomic mass is 10.2. The molecule has 1 aliphatic rings. The first-order chi connectivity index (χ1) is 7.38. The molecule has 96 valence electrons. The summed E-state index contributed by atoms with van der Waals surface area (Å²) in [6.07, 6.45) is -4.50. The van der Waals surface area contributed by atoms with E-state index < -0.39 is 6.36 Å². The fraction of sp³-hybridized carbons (Fsp3) is 1.00. The second kappa shape index (κ2) is 5.84. The first-order valence-electron chi connectivity index (χ1n) is 5.55. The van der Waals surface area contributed by atoms with Gasteiger partial charge in [-0.25, -0.2) is 0 Å². The number of alkyl halides is 3. The number of ether oxygens (including phenoxy) is 1. The lowest BCUT2D eigenvalue weighted by Crippen LogP contribution is -2.49.